The molecule has 0 aliphatic carbocycles. The van der Waals surface area contributed by atoms with Gasteiger partial charge in [-0.1, -0.05) is 16.7 Å². The second kappa shape index (κ2) is 7.88. The van der Waals surface area contributed by atoms with Crippen molar-refractivity contribution in [2.45, 2.75) is 18.0 Å². The highest BCUT2D eigenvalue weighted by Crippen LogP contribution is 2.30. The van der Waals surface area contributed by atoms with Crippen LogP contribution in [0.2, 0.25) is 5.02 Å². The van der Waals surface area contributed by atoms with E-state index in [1.54, 1.807) is 24.3 Å². The lowest BCUT2D eigenvalue weighted by Crippen LogP contribution is -2.04. The van der Waals surface area contributed by atoms with Crippen LogP contribution in [0.5, 0.6) is 11.5 Å². The number of halogens is 4. The summed E-state index contributed by atoms with van der Waals surface area (Å²) in [5.74, 6) is 0.968. The fourth-order valence-electron chi connectivity index (χ4n) is 1.79. The van der Waals surface area contributed by atoms with Crippen LogP contribution in [0.3, 0.4) is 0 Å². The molecular weight excluding hydrogens is 393 g/mol. The fraction of sp³-hybridized carbons (Fsp3) is 0.125. The van der Waals surface area contributed by atoms with E-state index in [2.05, 4.69) is 10.2 Å². The van der Waals surface area contributed by atoms with Gasteiger partial charge >= 0.3 is 11.4 Å². The smallest absolute Gasteiger partial charge is 0.416 e. The van der Waals surface area contributed by atoms with Gasteiger partial charge in [-0.25, -0.2) is 0 Å². The maximum absolute atomic E-state index is 12.5. The van der Waals surface area contributed by atoms with Gasteiger partial charge in [0.2, 0.25) is 0 Å². The molecule has 3 aromatic rings. The number of alkyl halides is 3. The molecule has 0 unspecified atom stereocenters. The van der Waals surface area contributed by atoms with Crippen LogP contribution in [0.4, 0.5) is 13.2 Å². The average molecular weight is 403 g/mol. The lowest BCUT2D eigenvalue weighted by molar-refractivity contribution is -0.137. The molecule has 136 valence electrons. The molecule has 1 aromatic heterocycles. The Morgan fingerprint density at radius 2 is 1.62 bits per heavy atom. The first-order valence-corrected chi connectivity index (χ1v) is 8.24. The number of aromatic nitrogens is 2. The van der Waals surface area contributed by atoms with Crippen molar-refractivity contribution in [2.75, 3.05) is 0 Å². The standard InChI is InChI=1S/C16H10ClF3N2O3S/c17-11-3-7-13(8-4-11)25-26-15-22-21-14(24-15)9-23-12-5-1-10(2-6-12)16(18,19)20/h1-8H,9H2. The van der Waals surface area contributed by atoms with Crippen molar-refractivity contribution in [1.82, 2.24) is 10.2 Å². The molecule has 2 aromatic carbocycles. The summed E-state index contributed by atoms with van der Waals surface area (Å²) in [6, 6.07) is 11.0. The Morgan fingerprint density at radius 1 is 0.962 bits per heavy atom. The Balaban J connectivity index is 1.51. The minimum Gasteiger partial charge on any atom is -0.484 e. The summed E-state index contributed by atoms with van der Waals surface area (Å²) in [7, 11) is 0. The van der Waals surface area contributed by atoms with E-state index in [9.17, 15) is 13.2 Å². The zero-order valence-electron chi connectivity index (χ0n) is 12.9. The highest BCUT2D eigenvalue weighted by molar-refractivity contribution is 7.94. The van der Waals surface area contributed by atoms with Gasteiger partial charge in [-0.05, 0) is 48.5 Å². The van der Waals surface area contributed by atoms with Crippen molar-refractivity contribution in [2.24, 2.45) is 0 Å². The van der Waals surface area contributed by atoms with E-state index in [0.717, 1.165) is 24.2 Å². The number of hydrogen-bond donors (Lipinski definition) is 0. The zero-order valence-corrected chi connectivity index (χ0v) is 14.4. The van der Waals surface area contributed by atoms with Crippen LogP contribution in [-0.2, 0) is 12.8 Å². The fourth-order valence-corrected chi connectivity index (χ4v) is 2.40. The van der Waals surface area contributed by atoms with Crippen molar-refractivity contribution in [3.05, 3.63) is 65.0 Å². The van der Waals surface area contributed by atoms with Crippen LogP contribution in [0, 0.1) is 0 Å². The minimum atomic E-state index is -4.39. The second-order valence-electron chi connectivity index (χ2n) is 4.89. The third-order valence-corrected chi connectivity index (χ3v) is 3.85. The molecule has 0 amide bonds. The predicted molar refractivity (Wildman–Crippen MR) is 88.0 cm³/mol. The van der Waals surface area contributed by atoms with E-state index in [1.165, 1.54) is 12.1 Å². The summed E-state index contributed by atoms with van der Waals surface area (Å²) in [6.45, 7) is -0.0835. The largest absolute Gasteiger partial charge is 0.484 e. The Labute approximate surface area is 155 Å². The Bertz CT molecular complexity index is 854. The number of ether oxygens (including phenoxy) is 1. The molecular formula is C16H10ClF3N2O3S. The molecule has 0 radical (unpaired) electrons. The summed E-state index contributed by atoms with van der Waals surface area (Å²) in [5.41, 5.74) is -0.749. The maximum Gasteiger partial charge on any atom is 0.416 e. The molecule has 0 aliphatic rings. The van der Waals surface area contributed by atoms with Gasteiger partial charge in [0.25, 0.3) is 5.89 Å². The van der Waals surface area contributed by atoms with E-state index in [-0.39, 0.29) is 23.5 Å². The zero-order chi connectivity index (χ0) is 18.6. The van der Waals surface area contributed by atoms with Crippen molar-refractivity contribution in [3.8, 4) is 11.5 Å². The third-order valence-electron chi connectivity index (χ3n) is 3.02. The number of hydrogen-bond acceptors (Lipinski definition) is 6. The summed E-state index contributed by atoms with van der Waals surface area (Å²) in [5, 5.41) is 8.29. The van der Waals surface area contributed by atoms with Crippen molar-refractivity contribution >= 4 is 23.6 Å². The number of rotatable bonds is 6. The van der Waals surface area contributed by atoms with Gasteiger partial charge in [-0.15, -0.1) is 5.10 Å². The van der Waals surface area contributed by atoms with E-state index in [1.807, 2.05) is 0 Å². The van der Waals surface area contributed by atoms with Gasteiger partial charge in [0.05, 0.1) is 5.56 Å². The molecule has 0 saturated carbocycles. The van der Waals surface area contributed by atoms with Gasteiger partial charge in [0.15, 0.2) is 18.6 Å². The van der Waals surface area contributed by atoms with Crippen LogP contribution in [0.1, 0.15) is 11.5 Å². The molecule has 0 saturated heterocycles. The molecule has 0 N–H and O–H groups in total. The molecule has 10 heteroatoms. The first-order chi connectivity index (χ1) is 12.4. The molecule has 3 rings (SSSR count). The second-order valence-corrected chi connectivity index (χ2v) is 6.01. The lowest BCUT2D eigenvalue weighted by atomic mass is 10.2. The van der Waals surface area contributed by atoms with E-state index < -0.39 is 11.7 Å². The van der Waals surface area contributed by atoms with Gasteiger partial charge in [-0.2, -0.15) is 13.2 Å². The number of nitrogens with zero attached hydrogens (tertiary/aromatic N) is 2. The monoisotopic (exact) mass is 402 g/mol. The molecule has 26 heavy (non-hydrogen) atoms. The molecule has 0 aliphatic heterocycles. The number of benzene rings is 2. The highest BCUT2D eigenvalue weighted by Gasteiger charge is 2.30. The highest BCUT2D eigenvalue weighted by atomic mass is 35.5. The van der Waals surface area contributed by atoms with Crippen LogP contribution in [-0.4, -0.2) is 10.2 Å². The van der Waals surface area contributed by atoms with Crippen molar-refractivity contribution in [1.29, 1.82) is 0 Å². The summed E-state index contributed by atoms with van der Waals surface area (Å²) in [4.78, 5) is 0. The van der Waals surface area contributed by atoms with E-state index in [0.29, 0.717) is 10.8 Å². The van der Waals surface area contributed by atoms with Gasteiger partial charge in [0, 0.05) is 5.02 Å². The SMILES string of the molecule is FC(F)(F)c1ccc(OCc2nnc(SOc3ccc(Cl)cc3)o2)cc1. The molecule has 0 fully saturated rings. The first-order valence-electron chi connectivity index (χ1n) is 7.13. The average Bonchev–Trinajstić information content (AvgIpc) is 3.07. The minimum absolute atomic E-state index is 0.0835. The summed E-state index contributed by atoms with van der Waals surface area (Å²) < 4.78 is 53.5. The third kappa shape index (κ3) is 5.06. The molecule has 1 heterocycles. The Morgan fingerprint density at radius 3 is 2.27 bits per heavy atom. The summed E-state index contributed by atoms with van der Waals surface area (Å²) >= 11 is 6.64. The molecule has 0 atom stereocenters. The van der Waals surface area contributed by atoms with Gasteiger partial charge in [0.1, 0.15) is 11.5 Å². The molecule has 5 nitrogen and oxygen atoms in total. The predicted octanol–water partition coefficient (Wildman–Crippen LogP) is 5.41. The topological polar surface area (TPSA) is 57.4 Å². The van der Waals surface area contributed by atoms with Crippen LogP contribution in [0.25, 0.3) is 0 Å². The van der Waals surface area contributed by atoms with Gasteiger partial charge < -0.3 is 13.3 Å². The van der Waals surface area contributed by atoms with Crippen LogP contribution >= 0.6 is 23.6 Å². The first kappa shape index (κ1) is 18.4. The maximum atomic E-state index is 12.5. The van der Waals surface area contributed by atoms with Crippen molar-refractivity contribution < 1.29 is 26.5 Å². The Hall–Kier alpha value is -2.39. The Kier molecular flexibility index (Phi) is 5.58. The molecule has 0 bridgehead atoms. The summed E-state index contributed by atoms with van der Waals surface area (Å²) in [6.07, 6.45) is -4.39. The normalized spacial score (nSPS) is 11.4. The van der Waals surface area contributed by atoms with Gasteiger partial charge in [-0.3, -0.25) is 0 Å². The quantitative estimate of drug-likeness (QED) is 0.514. The van der Waals surface area contributed by atoms with Crippen LogP contribution in [0.15, 0.2) is 58.2 Å². The van der Waals surface area contributed by atoms with E-state index in [4.69, 9.17) is 24.9 Å². The molecule has 0 spiro atoms. The van der Waals surface area contributed by atoms with Crippen molar-refractivity contribution in [3.63, 3.8) is 0 Å². The van der Waals surface area contributed by atoms with Crippen LogP contribution < -0.4 is 8.92 Å². The lowest BCUT2D eigenvalue weighted by Gasteiger charge is -2.07. The van der Waals surface area contributed by atoms with E-state index >= 15 is 0 Å².